The third-order valence-corrected chi connectivity index (χ3v) is 3.08. The Hall–Kier alpha value is -3.14. The molecule has 0 radical (unpaired) electrons. The Labute approximate surface area is 134 Å². The summed E-state index contributed by atoms with van der Waals surface area (Å²) in [5.74, 6) is -1.64. The van der Waals surface area contributed by atoms with Gasteiger partial charge >= 0.3 is 5.97 Å². The van der Waals surface area contributed by atoms with Crippen molar-refractivity contribution in [1.29, 1.82) is 0 Å². The first kappa shape index (κ1) is 16.2. The molecule has 0 unspecified atom stereocenters. The molecular weight excluding hydrogens is 290 g/mol. The van der Waals surface area contributed by atoms with Gasteiger partial charge in [-0.1, -0.05) is 54.6 Å². The molecule has 0 aliphatic rings. The second-order valence-corrected chi connectivity index (χ2v) is 4.98. The maximum absolute atomic E-state index is 12.1. The van der Waals surface area contributed by atoms with Gasteiger partial charge in [-0.25, -0.2) is 4.79 Å². The molecule has 0 saturated carbocycles. The first-order valence-corrected chi connectivity index (χ1v) is 7.11. The van der Waals surface area contributed by atoms with E-state index in [-0.39, 0.29) is 5.70 Å². The topological polar surface area (TPSA) is 66.4 Å². The van der Waals surface area contributed by atoms with Gasteiger partial charge in [0.25, 0.3) is 5.91 Å². The van der Waals surface area contributed by atoms with Gasteiger partial charge in [0.05, 0.1) is 0 Å². The molecule has 0 atom stereocenters. The first-order valence-electron chi connectivity index (χ1n) is 7.11. The number of carbonyl (C=O) groups excluding carboxylic acids is 1. The molecule has 2 rings (SSSR count). The molecule has 0 spiro atoms. The molecule has 116 valence electrons. The summed E-state index contributed by atoms with van der Waals surface area (Å²) in [7, 11) is 0. The predicted octanol–water partition coefficient (Wildman–Crippen LogP) is 3.49. The first-order chi connectivity index (χ1) is 11.1. The van der Waals surface area contributed by atoms with E-state index in [2.05, 4.69) is 5.32 Å². The monoisotopic (exact) mass is 307 g/mol. The molecule has 0 aromatic heterocycles. The van der Waals surface area contributed by atoms with Crippen LogP contribution in [0.5, 0.6) is 0 Å². The largest absolute Gasteiger partial charge is 0.477 e. The number of nitrogens with one attached hydrogen (secondary N) is 1. The zero-order valence-corrected chi connectivity index (χ0v) is 12.7. The summed E-state index contributed by atoms with van der Waals surface area (Å²) in [6.07, 6.45) is 3.29. The van der Waals surface area contributed by atoms with Gasteiger partial charge in [0.15, 0.2) is 0 Å². The fraction of sp³-hybridized carbons (Fsp3) is 0.0526. The minimum atomic E-state index is -1.19. The van der Waals surface area contributed by atoms with Crippen LogP contribution < -0.4 is 5.32 Å². The molecule has 0 saturated heterocycles. The lowest BCUT2D eigenvalue weighted by Gasteiger charge is -2.06. The molecule has 4 heteroatoms. The Kier molecular flexibility index (Phi) is 5.47. The van der Waals surface area contributed by atoms with Crippen molar-refractivity contribution in [2.24, 2.45) is 0 Å². The lowest BCUT2D eigenvalue weighted by molar-refractivity contribution is -0.133. The summed E-state index contributed by atoms with van der Waals surface area (Å²) in [6, 6.07) is 18.0. The summed E-state index contributed by atoms with van der Waals surface area (Å²) >= 11 is 0. The molecule has 2 aromatic rings. The summed E-state index contributed by atoms with van der Waals surface area (Å²) in [5.41, 5.74) is 1.93. The predicted molar refractivity (Wildman–Crippen MR) is 89.7 cm³/mol. The minimum absolute atomic E-state index is 0.163. The van der Waals surface area contributed by atoms with Crippen LogP contribution in [0.4, 0.5) is 0 Å². The van der Waals surface area contributed by atoms with Crippen molar-refractivity contribution in [3.63, 3.8) is 0 Å². The molecule has 0 aliphatic heterocycles. The van der Waals surface area contributed by atoms with Gasteiger partial charge in [0.1, 0.15) is 5.70 Å². The average Bonchev–Trinajstić information content (AvgIpc) is 2.55. The van der Waals surface area contributed by atoms with Gasteiger partial charge in [-0.2, -0.15) is 0 Å². The lowest BCUT2D eigenvalue weighted by Crippen LogP contribution is -2.27. The van der Waals surface area contributed by atoms with Crippen LogP contribution in [0.25, 0.3) is 6.08 Å². The lowest BCUT2D eigenvalue weighted by atomic mass is 10.1. The van der Waals surface area contributed by atoms with Gasteiger partial charge in [-0.05, 0) is 36.3 Å². The van der Waals surface area contributed by atoms with Crippen molar-refractivity contribution in [3.8, 4) is 0 Å². The maximum Gasteiger partial charge on any atom is 0.352 e. The Morgan fingerprint density at radius 1 is 0.957 bits per heavy atom. The molecule has 0 aliphatic carbocycles. The molecule has 0 bridgehead atoms. The number of carboxylic acid groups (broad SMARTS) is 1. The number of rotatable bonds is 5. The quantitative estimate of drug-likeness (QED) is 0.656. The van der Waals surface area contributed by atoms with E-state index >= 15 is 0 Å². The van der Waals surface area contributed by atoms with Crippen LogP contribution in [0.1, 0.15) is 22.8 Å². The van der Waals surface area contributed by atoms with Crippen molar-refractivity contribution >= 4 is 18.0 Å². The van der Waals surface area contributed by atoms with E-state index in [1.807, 2.05) is 36.4 Å². The number of carbonyl (C=O) groups is 2. The third kappa shape index (κ3) is 4.97. The highest BCUT2D eigenvalue weighted by atomic mass is 16.4. The number of benzene rings is 2. The Bertz CT molecular complexity index is 747. The number of hydrogen-bond donors (Lipinski definition) is 2. The molecule has 23 heavy (non-hydrogen) atoms. The number of carboxylic acids is 1. The van der Waals surface area contributed by atoms with E-state index in [9.17, 15) is 14.7 Å². The highest BCUT2D eigenvalue weighted by Gasteiger charge is 2.12. The fourth-order valence-corrected chi connectivity index (χ4v) is 2.02. The summed E-state index contributed by atoms with van der Waals surface area (Å²) in [4.78, 5) is 23.4. The van der Waals surface area contributed by atoms with Crippen molar-refractivity contribution < 1.29 is 14.7 Å². The molecule has 2 N–H and O–H groups in total. The van der Waals surface area contributed by atoms with Crippen molar-refractivity contribution in [2.75, 3.05) is 0 Å². The number of hydrogen-bond acceptors (Lipinski definition) is 2. The zero-order valence-electron chi connectivity index (χ0n) is 12.7. The zero-order chi connectivity index (χ0) is 16.7. The minimum Gasteiger partial charge on any atom is -0.477 e. The van der Waals surface area contributed by atoms with Gasteiger partial charge < -0.3 is 10.4 Å². The van der Waals surface area contributed by atoms with E-state index in [4.69, 9.17) is 0 Å². The van der Waals surface area contributed by atoms with Crippen LogP contribution in [0, 0.1) is 0 Å². The number of aliphatic carboxylic acids is 1. The maximum atomic E-state index is 12.1. The van der Waals surface area contributed by atoms with Crippen molar-refractivity contribution in [2.45, 2.75) is 6.92 Å². The van der Waals surface area contributed by atoms with Crippen LogP contribution >= 0.6 is 0 Å². The molecular formula is C19H17NO3. The molecule has 2 aromatic carbocycles. The number of allylic oxidation sites excluding steroid dienone is 2. The second-order valence-electron chi connectivity index (χ2n) is 4.98. The highest BCUT2D eigenvalue weighted by Crippen LogP contribution is 2.09. The van der Waals surface area contributed by atoms with E-state index in [1.165, 1.54) is 6.08 Å². The van der Waals surface area contributed by atoms with Gasteiger partial charge in [0, 0.05) is 5.56 Å². The SMILES string of the molecule is CC(=C\c1ccccc1)/C=C(/NC(=O)c1ccccc1)C(=O)O. The molecule has 4 nitrogen and oxygen atoms in total. The normalized spacial score (nSPS) is 11.9. The van der Waals surface area contributed by atoms with E-state index < -0.39 is 11.9 Å². The standard InChI is InChI=1S/C19H17NO3/c1-14(12-15-8-4-2-5-9-15)13-17(19(22)23)20-18(21)16-10-6-3-7-11-16/h2-13H,1H3,(H,20,21)(H,22,23)/b14-12+,17-13+. The summed E-state index contributed by atoms with van der Waals surface area (Å²) < 4.78 is 0. The van der Waals surface area contributed by atoms with Crippen LogP contribution in [0.2, 0.25) is 0 Å². The summed E-state index contributed by atoms with van der Waals surface area (Å²) in [5, 5.41) is 11.7. The van der Waals surface area contributed by atoms with Gasteiger partial charge in [0.2, 0.25) is 0 Å². The fourth-order valence-electron chi connectivity index (χ4n) is 2.02. The Morgan fingerprint density at radius 2 is 1.52 bits per heavy atom. The molecule has 0 heterocycles. The molecule has 1 amide bonds. The smallest absolute Gasteiger partial charge is 0.352 e. The van der Waals surface area contributed by atoms with Crippen molar-refractivity contribution in [1.82, 2.24) is 5.32 Å². The van der Waals surface area contributed by atoms with E-state index in [0.29, 0.717) is 5.56 Å². The molecule has 0 fully saturated rings. The second kappa shape index (κ2) is 7.75. The number of amides is 1. The van der Waals surface area contributed by atoms with Crippen LogP contribution in [0.3, 0.4) is 0 Å². The van der Waals surface area contributed by atoms with Crippen LogP contribution in [-0.4, -0.2) is 17.0 Å². The van der Waals surface area contributed by atoms with E-state index in [1.54, 1.807) is 37.3 Å². The Balaban J connectivity index is 2.19. The van der Waals surface area contributed by atoms with E-state index in [0.717, 1.165) is 11.1 Å². The highest BCUT2D eigenvalue weighted by molar-refractivity contribution is 6.00. The van der Waals surface area contributed by atoms with Gasteiger partial charge in [-0.15, -0.1) is 0 Å². The van der Waals surface area contributed by atoms with Crippen molar-refractivity contribution in [3.05, 3.63) is 89.1 Å². The van der Waals surface area contributed by atoms with Crippen LogP contribution in [-0.2, 0) is 4.79 Å². The van der Waals surface area contributed by atoms with Gasteiger partial charge in [-0.3, -0.25) is 4.79 Å². The Morgan fingerprint density at radius 3 is 2.09 bits per heavy atom. The third-order valence-electron chi connectivity index (χ3n) is 3.08. The average molecular weight is 307 g/mol. The van der Waals surface area contributed by atoms with Crippen LogP contribution in [0.15, 0.2) is 78.0 Å². The summed E-state index contributed by atoms with van der Waals surface area (Å²) in [6.45, 7) is 1.78.